The van der Waals surface area contributed by atoms with Gasteiger partial charge in [-0.25, -0.2) is 17.8 Å². The molecule has 1 atom stereocenters. The third-order valence-electron chi connectivity index (χ3n) is 3.38. The van der Waals surface area contributed by atoms with Crippen LogP contribution in [0.15, 0.2) is 53.3 Å². The molecule has 0 bridgehead atoms. The first-order valence-electron chi connectivity index (χ1n) is 6.98. The van der Waals surface area contributed by atoms with E-state index in [1.54, 1.807) is 23.3 Å². The van der Waals surface area contributed by atoms with Crippen molar-refractivity contribution in [2.75, 3.05) is 0 Å². The van der Waals surface area contributed by atoms with Crippen LogP contribution in [0.3, 0.4) is 0 Å². The number of aryl methyl sites for hydroxylation is 1. The van der Waals surface area contributed by atoms with Gasteiger partial charge in [0.25, 0.3) is 0 Å². The van der Waals surface area contributed by atoms with E-state index < -0.39 is 10.0 Å². The molecule has 0 amide bonds. The number of rotatable bonds is 5. The zero-order chi connectivity index (χ0) is 16.4. The molecule has 6 nitrogen and oxygen atoms in total. The first kappa shape index (κ1) is 15.9. The van der Waals surface area contributed by atoms with Gasteiger partial charge in [0.2, 0.25) is 10.0 Å². The van der Waals surface area contributed by atoms with Crippen LogP contribution in [0.1, 0.15) is 23.4 Å². The smallest absolute Gasteiger partial charge is 0.244 e. The average Bonchev–Trinajstić information content (AvgIpc) is 3.20. The molecule has 2 heterocycles. The van der Waals surface area contributed by atoms with Crippen molar-refractivity contribution >= 4 is 21.4 Å². The van der Waals surface area contributed by atoms with Crippen molar-refractivity contribution in [3.63, 3.8) is 0 Å². The van der Waals surface area contributed by atoms with Crippen LogP contribution in [0.5, 0.6) is 0 Å². The van der Waals surface area contributed by atoms with Crippen molar-refractivity contribution < 1.29 is 8.42 Å². The molecule has 0 saturated carbocycles. The molecule has 3 aromatic rings. The lowest BCUT2D eigenvalue weighted by molar-refractivity contribution is 0.568. The molecule has 0 aliphatic carbocycles. The molecule has 1 N–H and O–H groups in total. The summed E-state index contributed by atoms with van der Waals surface area (Å²) in [5.74, 6) is 0. The van der Waals surface area contributed by atoms with Crippen LogP contribution >= 0.6 is 11.3 Å². The van der Waals surface area contributed by atoms with Gasteiger partial charge >= 0.3 is 0 Å². The van der Waals surface area contributed by atoms with Crippen LogP contribution in [0, 0.1) is 6.92 Å². The summed E-state index contributed by atoms with van der Waals surface area (Å²) in [6.45, 7) is 3.78. The van der Waals surface area contributed by atoms with E-state index in [2.05, 4.69) is 14.8 Å². The van der Waals surface area contributed by atoms with E-state index in [-0.39, 0.29) is 10.9 Å². The van der Waals surface area contributed by atoms with Crippen molar-refractivity contribution in [2.45, 2.75) is 24.8 Å². The Morgan fingerprint density at radius 3 is 2.61 bits per heavy atom. The van der Waals surface area contributed by atoms with Crippen molar-refractivity contribution in [3.8, 4) is 5.69 Å². The minimum absolute atomic E-state index is 0.134. The average molecular weight is 348 g/mol. The number of hydrogen-bond donors (Lipinski definition) is 1. The Morgan fingerprint density at radius 2 is 1.96 bits per heavy atom. The summed E-state index contributed by atoms with van der Waals surface area (Å²) >= 11 is 1.41. The van der Waals surface area contributed by atoms with Crippen LogP contribution in [0.2, 0.25) is 0 Å². The van der Waals surface area contributed by atoms with Crippen molar-refractivity contribution in [2.24, 2.45) is 0 Å². The van der Waals surface area contributed by atoms with E-state index in [1.807, 2.05) is 31.2 Å². The fourth-order valence-electron chi connectivity index (χ4n) is 2.08. The zero-order valence-corrected chi connectivity index (χ0v) is 14.3. The minimum atomic E-state index is -3.64. The number of aromatic nitrogens is 3. The van der Waals surface area contributed by atoms with Crippen molar-refractivity contribution in [1.29, 1.82) is 0 Å². The Balaban J connectivity index is 1.82. The third kappa shape index (κ3) is 3.49. The summed E-state index contributed by atoms with van der Waals surface area (Å²) in [6.07, 6.45) is 4.52. The number of hydrogen-bond acceptors (Lipinski definition) is 5. The molecule has 2 aromatic heterocycles. The SMILES string of the molecule is Cc1ccc(-n2cc(S(=O)(=O)N[C@@H](C)c3cncs3)cn2)cc1. The molecule has 120 valence electrons. The first-order valence-corrected chi connectivity index (χ1v) is 9.34. The first-order chi connectivity index (χ1) is 11.0. The highest BCUT2D eigenvalue weighted by atomic mass is 32.2. The Kier molecular flexibility index (Phi) is 4.29. The molecule has 3 rings (SSSR count). The Labute approximate surface area is 138 Å². The van der Waals surface area contributed by atoms with Gasteiger partial charge in [-0.3, -0.25) is 4.98 Å². The van der Waals surface area contributed by atoms with Gasteiger partial charge < -0.3 is 0 Å². The quantitative estimate of drug-likeness (QED) is 0.769. The Bertz CT molecular complexity index is 884. The highest BCUT2D eigenvalue weighted by Crippen LogP contribution is 2.20. The van der Waals surface area contributed by atoms with Crippen LogP contribution in [-0.2, 0) is 10.0 Å². The minimum Gasteiger partial charge on any atom is -0.253 e. The molecule has 0 fully saturated rings. The lowest BCUT2D eigenvalue weighted by Gasteiger charge is -2.10. The van der Waals surface area contributed by atoms with E-state index in [9.17, 15) is 8.42 Å². The molecular formula is C15H16N4O2S2. The molecule has 0 saturated heterocycles. The number of sulfonamides is 1. The fraction of sp³-hybridized carbons (Fsp3) is 0.200. The van der Waals surface area contributed by atoms with E-state index in [0.717, 1.165) is 16.1 Å². The highest BCUT2D eigenvalue weighted by Gasteiger charge is 2.21. The third-order valence-corrected chi connectivity index (χ3v) is 5.83. The van der Waals surface area contributed by atoms with Gasteiger partial charge in [0.05, 0.1) is 29.6 Å². The number of nitrogens with zero attached hydrogens (tertiary/aromatic N) is 3. The van der Waals surface area contributed by atoms with Crippen LogP contribution in [0.25, 0.3) is 5.69 Å². The Morgan fingerprint density at radius 1 is 1.22 bits per heavy atom. The normalized spacial score (nSPS) is 13.1. The largest absolute Gasteiger partial charge is 0.253 e. The topological polar surface area (TPSA) is 76.9 Å². The molecule has 0 aliphatic rings. The monoisotopic (exact) mass is 348 g/mol. The molecule has 0 spiro atoms. The van der Waals surface area contributed by atoms with Crippen LogP contribution < -0.4 is 4.72 Å². The van der Waals surface area contributed by atoms with E-state index >= 15 is 0 Å². The maximum atomic E-state index is 12.5. The van der Waals surface area contributed by atoms with E-state index in [1.165, 1.54) is 23.7 Å². The second-order valence-electron chi connectivity index (χ2n) is 5.20. The standard InChI is InChI=1S/C15H16N4O2S2/c1-11-3-5-13(6-4-11)19-9-14(7-17-19)23(20,21)18-12(2)15-8-16-10-22-15/h3-10,12,18H,1-2H3/t12-/m0/s1. The molecule has 23 heavy (non-hydrogen) atoms. The van der Waals surface area contributed by atoms with E-state index in [0.29, 0.717) is 0 Å². The summed E-state index contributed by atoms with van der Waals surface area (Å²) < 4.78 is 29.1. The molecule has 8 heteroatoms. The van der Waals surface area contributed by atoms with Crippen molar-refractivity contribution in [1.82, 2.24) is 19.5 Å². The van der Waals surface area contributed by atoms with Crippen LogP contribution in [0.4, 0.5) is 0 Å². The summed E-state index contributed by atoms with van der Waals surface area (Å²) in [4.78, 5) is 4.96. The maximum Gasteiger partial charge on any atom is 0.244 e. The van der Waals surface area contributed by atoms with Gasteiger partial charge in [-0.05, 0) is 26.0 Å². The summed E-state index contributed by atoms with van der Waals surface area (Å²) in [5, 5.41) is 4.14. The molecule has 0 radical (unpaired) electrons. The van der Waals surface area contributed by atoms with Gasteiger partial charge in [-0.2, -0.15) is 5.10 Å². The van der Waals surface area contributed by atoms with Gasteiger partial charge in [-0.1, -0.05) is 17.7 Å². The number of nitrogens with one attached hydrogen (secondary N) is 1. The summed E-state index contributed by atoms with van der Waals surface area (Å²) in [6, 6.07) is 7.36. The van der Waals surface area contributed by atoms with Gasteiger partial charge in [-0.15, -0.1) is 11.3 Å². The lowest BCUT2D eigenvalue weighted by atomic mass is 10.2. The Hall–Kier alpha value is -2.03. The second-order valence-corrected chi connectivity index (χ2v) is 7.83. The predicted octanol–water partition coefficient (Wildman–Crippen LogP) is 2.68. The number of thiazole rings is 1. The lowest BCUT2D eigenvalue weighted by Crippen LogP contribution is -2.26. The molecule has 0 aliphatic heterocycles. The summed E-state index contributed by atoms with van der Waals surface area (Å²) in [5.41, 5.74) is 3.62. The maximum absolute atomic E-state index is 12.5. The molecule has 1 aromatic carbocycles. The molecular weight excluding hydrogens is 332 g/mol. The fourth-order valence-corrected chi connectivity index (χ4v) is 3.94. The second kappa shape index (κ2) is 6.23. The predicted molar refractivity (Wildman–Crippen MR) is 89.2 cm³/mol. The summed E-state index contributed by atoms with van der Waals surface area (Å²) in [7, 11) is -3.64. The van der Waals surface area contributed by atoms with Gasteiger partial charge in [0.1, 0.15) is 4.90 Å². The van der Waals surface area contributed by atoms with E-state index in [4.69, 9.17) is 0 Å². The number of benzene rings is 1. The highest BCUT2D eigenvalue weighted by molar-refractivity contribution is 7.89. The zero-order valence-electron chi connectivity index (χ0n) is 12.7. The van der Waals surface area contributed by atoms with Crippen molar-refractivity contribution in [3.05, 3.63) is 58.8 Å². The van der Waals surface area contributed by atoms with Crippen LogP contribution in [-0.4, -0.2) is 23.2 Å². The van der Waals surface area contributed by atoms with Gasteiger partial charge in [0, 0.05) is 11.1 Å². The van der Waals surface area contributed by atoms with Gasteiger partial charge in [0.15, 0.2) is 0 Å². The molecule has 0 unspecified atom stereocenters.